The average Bonchev–Trinajstić information content (AvgIpc) is 2.50. The molecule has 1 saturated heterocycles. The van der Waals surface area contributed by atoms with E-state index in [1.807, 2.05) is 0 Å². The van der Waals surface area contributed by atoms with E-state index < -0.39 is 0 Å². The van der Waals surface area contributed by atoms with Crippen LogP contribution in [0.25, 0.3) is 0 Å². The van der Waals surface area contributed by atoms with Crippen LogP contribution in [0.4, 0.5) is 0 Å². The lowest BCUT2D eigenvalue weighted by Crippen LogP contribution is -2.33. The van der Waals surface area contributed by atoms with Gasteiger partial charge in [0.25, 0.3) is 0 Å². The van der Waals surface area contributed by atoms with E-state index in [0.29, 0.717) is 6.10 Å². The van der Waals surface area contributed by atoms with Crippen LogP contribution in [0.15, 0.2) is 0 Å². The second kappa shape index (κ2) is 3.11. The molecular weight excluding hydrogens is 138 g/mol. The van der Waals surface area contributed by atoms with Crippen LogP contribution in [-0.2, 0) is 4.74 Å². The van der Waals surface area contributed by atoms with Crippen LogP contribution in [0.5, 0.6) is 0 Å². The monoisotopic (exact) mass is 155 g/mol. The molecule has 0 aromatic heterocycles. The molecule has 2 aliphatic rings. The smallest absolute Gasteiger partial charge is 0.0607 e. The predicted octanol–water partition coefficient (Wildman–Crippen LogP) is 1.15. The first-order valence-corrected chi connectivity index (χ1v) is 4.73. The number of fused-ring (bicyclic) bond motifs is 1. The first-order valence-electron chi connectivity index (χ1n) is 4.73. The highest BCUT2D eigenvalue weighted by atomic mass is 16.5. The average molecular weight is 155 g/mol. The zero-order valence-electron chi connectivity index (χ0n) is 6.96. The van der Waals surface area contributed by atoms with Crippen molar-refractivity contribution in [3.63, 3.8) is 0 Å². The Balaban J connectivity index is 2.00. The zero-order chi connectivity index (χ0) is 7.68. The van der Waals surface area contributed by atoms with Gasteiger partial charge in [0.2, 0.25) is 0 Å². The fourth-order valence-corrected chi connectivity index (χ4v) is 2.59. The molecule has 11 heavy (non-hydrogen) atoms. The summed E-state index contributed by atoms with van der Waals surface area (Å²) in [5.41, 5.74) is 5.70. The molecule has 1 aliphatic heterocycles. The predicted molar refractivity (Wildman–Crippen MR) is 44.2 cm³/mol. The molecule has 2 N–H and O–H groups in total. The second-order valence-electron chi connectivity index (χ2n) is 3.79. The van der Waals surface area contributed by atoms with Gasteiger partial charge >= 0.3 is 0 Å². The number of nitrogens with two attached hydrogens (primary N) is 1. The van der Waals surface area contributed by atoms with Gasteiger partial charge in [-0.15, -0.1) is 0 Å². The molecule has 1 saturated carbocycles. The lowest BCUT2D eigenvalue weighted by molar-refractivity contribution is 0.0457. The number of hydrogen-bond donors (Lipinski definition) is 1. The molecule has 3 unspecified atom stereocenters. The van der Waals surface area contributed by atoms with Crippen molar-refractivity contribution < 1.29 is 4.74 Å². The molecule has 1 heterocycles. The van der Waals surface area contributed by atoms with E-state index >= 15 is 0 Å². The summed E-state index contributed by atoms with van der Waals surface area (Å²) in [7, 11) is 0. The molecule has 0 spiro atoms. The second-order valence-corrected chi connectivity index (χ2v) is 3.79. The van der Waals surface area contributed by atoms with Crippen LogP contribution in [0.2, 0.25) is 0 Å². The molecule has 1 aliphatic carbocycles. The van der Waals surface area contributed by atoms with Crippen molar-refractivity contribution in [2.75, 3.05) is 13.2 Å². The van der Waals surface area contributed by atoms with Crippen molar-refractivity contribution in [3.05, 3.63) is 0 Å². The summed E-state index contributed by atoms with van der Waals surface area (Å²) in [6.45, 7) is 1.84. The molecule has 0 bridgehead atoms. The van der Waals surface area contributed by atoms with E-state index in [-0.39, 0.29) is 0 Å². The van der Waals surface area contributed by atoms with Gasteiger partial charge in [-0.1, -0.05) is 6.42 Å². The summed E-state index contributed by atoms with van der Waals surface area (Å²) >= 11 is 0. The SMILES string of the molecule is NCC1CCCC2OCCC12. The first-order chi connectivity index (χ1) is 5.42. The van der Waals surface area contributed by atoms with Gasteiger partial charge in [-0.05, 0) is 37.6 Å². The molecule has 0 radical (unpaired) electrons. The Bertz CT molecular complexity index is 138. The van der Waals surface area contributed by atoms with E-state index in [0.717, 1.165) is 25.0 Å². The lowest BCUT2D eigenvalue weighted by atomic mass is 9.77. The number of ether oxygens (including phenoxy) is 1. The van der Waals surface area contributed by atoms with Crippen LogP contribution in [0.1, 0.15) is 25.7 Å². The fourth-order valence-electron chi connectivity index (χ4n) is 2.59. The maximum Gasteiger partial charge on any atom is 0.0607 e. The normalized spacial score (nSPS) is 43.9. The Morgan fingerprint density at radius 3 is 3.00 bits per heavy atom. The van der Waals surface area contributed by atoms with Gasteiger partial charge in [0.15, 0.2) is 0 Å². The largest absolute Gasteiger partial charge is 0.378 e. The number of hydrogen-bond acceptors (Lipinski definition) is 2. The van der Waals surface area contributed by atoms with E-state index in [4.69, 9.17) is 10.5 Å². The Hall–Kier alpha value is -0.0800. The molecule has 2 rings (SSSR count). The van der Waals surface area contributed by atoms with Gasteiger partial charge < -0.3 is 10.5 Å². The third-order valence-electron chi connectivity index (χ3n) is 3.23. The summed E-state index contributed by atoms with van der Waals surface area (Å²) in [4.78, 5) is 0. The zero-order valence-corrected chi connectivity index (χ0v) is 6.96. The van der Waals surface area contributed by atoms with Crippen LogP contribution in [0, 0.1) is 11.8 Å². The lowest BCUT2D eigenvalue weighted by Gasteiger charge is -2.31. The number of rotatable bonds is 1. The maximum absolute atomic E-state index is 5.70. The third kappa shape index (κ3) is 1.30. The molecule has 2 fully saturated rings. The highest BCUT2D eigenvalue weighted by Crippen LogP contribution is 2.37. The molecule has 2 heteroatoms. The van der Waals surface area contributed by atoms with Crippen LogP contribution in [0.3, 0.4) is 0 Å². The van der Waals surface area contributed by atoms with Crippen molar-refractivity contribution >= 4 is 0 Å². The van der Waals surface area contributed by atoms with E-state index in [1.54, 1.807) is 0 Å². The minimum Gasteiger partial charge on any atom is -0.378 e. The van der Waals surface area contributed by atoms with Gasteiger partial charge in [0, 0.05) is 6.61 Å². The summed E-state index contributed by atoms with van der Waals surface area (Å²) in [6, 6.07) is 0. The van der Waals surface area contributed by atoms with Crippen molar-refractivity contribution in [1.82, 2.24) is 0 Å². The highest BCUT2D eigenvalue weighted by molar-refractivity contribution is 4.86. The third-order valence-corrected chi connectivity index (χ3v) is 3.23. The van der Waals surface area contributed by atoms with Gasteiger partial charge in [0.1, 0.15) is 0 Å². The summed E-state index contributed by atoms with van der Waals surface area (Å²) < 4.78 is 5.63. The molecule has 0 amide bonds. The van der Waals surface area contributed by atoms with E-state index in [1.165, 1.54) is 25.7 Å². The molecule has 64 valence electrons. The van der Waals surface area contributed by atoms with Crippen LogP contribution in [-0.4, -0.2) is 19.3 Å². The molecule has 0 aromatic rings. The summed E-state index contributed by atoms with van der Waals surface area (Å²) in [5.74, 6) is 1.56. The molecule has 3 atom stereocenters. The Kier molecular flexibility index (Phi) is 2.14. The van der Waals surface area contributed by atoms with Crippen molar-refractivity contribution in [1.29, 1.82) is 0 Å². The van der Waals surface area contributed by atoms with E-state index in [2.05, 4.69) is 0 Å². The molecule has 0 aromatic carbocycles. The Morgan fingerprint density at radius 1 is 1.27 bits per heavy atom. The maximum atomic E-state index is 5.70. The van der Waals surface area contributed by atoms with Gasteiger partial charge in [0.05, 0.1) is 6.10 Å². The first kappa shape index (κ1) is 7.56. The Morgan fingerprint density at radius 2 is 2.18 bits per heavy atom. The van der Waals surface area contributed by atoms with Crippen molar-refractivity contribution in [2.24, 2.45) is 17.6 Å². The van der Waals surface area contributed by atoms with Crippen molar-refractivity contribution in [2.45, 2.75) is 31.8 Å². The standard InChI is InChI=1S/C9H17NO/c10-6-7-2-1-3-9-8(7)4-5-11-9/h7-9H,1-6,10H2. The molecular formula is C9H17NO. The Labute approximate surface area is 68.1 Å². The minimum absolute atomic E-state index is 0.567. The van der Waals surface area contributed by atoms with E-state index in [9.17, 15) is 0 Å². The van der Waals surface area contributed by atoms with Gasteiger partial charge in [-0.3, -0.25) is 0 Å². The topological polar surface area (TPSA) is 35.2 Å². The fraction of sp³-hybridized carbons (Fsp3) is 1.00. The minimum atomic E-state index is 0.567. The quantitative estimate of drug-likeness (QED) is 0.616. The summed E-state index contributed by atoms with van der Waals surface area (Å²) in [6.07, 6.45) is 5.76. The van der Waals surface area contributed by atoms with Gasteiger partial charge in [-0.2, -0.15) is 0 Å². The summed E-state index contributed by atoms with van der Waals surface area (Å²) in [5, 5.41) is 0. The molecule has 2 nitrogen and oxygen atoms in total. The van der Waals surface area contributed by atoms with Gasteiger partial charge in [-0.25, -0.2) is 0 Å². The highest BCUT2D eigenvalue weighted by Gasteiger charge is 2.36. The van der Waals surface area contributed by atoms with Crippen molar-refractivity contribution in [3.8, 4) is 0 Å². The van der Waals surface area contributed by atoms with Crippen LogP contribution >= 0.6 is 0 Å². The van der Waals surface area contributed by atoms with Crippen LogP contribution < -0.4 is 5.73 Å².